The molecule has 0 saturated heterocycles. The number of aliphatic hydroxyl groups is 1. The molecule has 2 aromatic rings. The van der Waals surface area contributed by atoms with Crippen molar-refractivity contribution in [1.29, 1.82) is 0 Å². The van der Waals surface area contributed by atoms with E-state index in [1.54, 1.807) is 17.5 Å². The van der Waals surface area contributed by atoms with Crippen LogP contribution in [0.25, 0.3) is 5.65 Å². The van der Waals surface area contributed by atoms with Gasteiger partial charge in [-0.05, 0) is 25.5 Å². The Balaban J connectivity index is 2.66. The number of rotatable bonds is 4. The number of nitrogens with zero attached hydrogens (tertiary/aromatic N) is 3. The highest BCUT2D eigenvalue weighted by atomic mass is 16.4. The summed E-state index contributed by atoms with van der Waals surface area (Å²) >= 11 is 0. The first-order valence-corrected chi connectivity index (χ1v) is 6.00. The molecule has 19 heavy (non-hydrogen) atoms. The van der Waals surface area contributed by atoms with Crippen molar-refractivity contribution in [3.8, 4) is 0 Å². The van der Waals surface area contributed by atoms with Gasteiger partial charge in [-0.25, -0.2) is 9.78 Å². The molecule has 0 aliphatic heterocycles. The van der Waals surface area contributed by atoms with Crippen LogP contribution in [-0.4, -0.2) is 45.8 Å². The molecule has 2 heterocycles. The van der Waals surface area contributed by atoms with E-state index >= 15 is 0 Å². The normalized spacial score (nSPS) is 10.9. The molecule has 102 valence electrons. The van der Waals surface area contributed by atoms with Gasteiger partial charge < -0.3 is 15.1 Å². The molecule has 0 fully saturated rings. The van der Waals surface area contributed by atoms with E-state index in [0.717, 1.165) is 11.3 Å². The molecule has 0 bridgehead atoms. The number of aliphatic hydroxyl groups excluding tert-OH is 1. The Labute approximate surface area is 110 Å². The van der Waals surface area contributed by atoms with E-state index in [-0.39, 0.29) is 12.3 Å². The van der Waals surface area contributed by atoms with E-state index in [1.807, 2.05) is 24.9 Å². The van der Waals surface area contributed by atoms with Crippen LogP contribution in [0.4, 0.5) is 5.69 Å². The Kier molecular flexibility index (Phi) is 3.44. The van der Waals surface area contributed by atoms with Crippen molar-refractivity contribution in [3.05, 3.63) is 29.2 Å². The number of imidazole rings is 1. The fraction of sp³-hybridized carbons (Fsp3) is 0.385. The Bertz CT molecular complexity index is 634. The van der Waals surface area contributed by atoms with Crippen LogP contribution >= 0.6 is 0 Å². The second kappa shape index (κ2) is 4.89. The SMILES string of the molecule is Cc1nc2c(C)cc(N(C)CCO)cn2c1C(=O)O. The zero-order chi connectivity index (χ0) is 14.2. The lowest BCUT2D eigenvalue weighted by atomic mass is 10.2. The Morgan fingerprint density at radius 2 is 2.16 bits per heavy atom. The van der Waals surface area contributed by atoms with Gasteiger partial charge in [0.25, 0.3) is 0 Å². The molecule has 0 amide bonds. The van der Waals surface area contributed by atoms with Gasteiger partial charge in [0.15, 0.2) is 5.69 Å². The minimum Gasteiger partial charge on any atom is -0.477 e. The Morgan fingerprint density at radius 1 is 1.47 bits per heavy atom. The number of fused-ring (bicyclic) bond motifs is 1. The fourth-order valence-corrected chi connectivity index (χ4v) is 2.15. The maximum Gasteiger partial charge on any atom is 0.354 e. The number of carbonyl (C=O) groups is 1. The van der Waals surface area contributed by atoms with Crippen LogP contribution in [0.5, 0.6) is 0 Å². The van der Waals surface area contributed by atoms with Crippen LogP contribution in [0.1, 0.15) is 21.7 Å². The summed E-state index contributed by atoms with van der Waals surface area (Å²) < 4.78 is 1.59. The molecule has 0 aliphatic carbocycles. The zero-order valence-electron chi connectivity index (χ0n) is 11.2. The monoisotopic (exact) mass is 263 g/mol. The predicted octanol–water partition coefficient (Wildman–Crippen LogP) is 1.08. The number of aromatic nitrogens is 2. The molecule has 0 spiro atoms. The van der Waals surface area contributed by atoms with Gasteiger partial charge in [0.05, 0.1) is 18.0 Å². The van der Waals surface area contributed by atoms with Crippen molar-refractivity contribution in [1.82, 2.24) is 9.38 Å². The van der Waals surface area contributed by atoms with Gasteiger partial charge in [-0.1, -0.05) is 0 Å². The van der Waals surface area contributed by atoms with Crippen LogP contribution in [-0.2, 0) is 0 Å². The number of anilines is 1. The van der Waals surface area contributed by atoms with Crippen molar-refractivity contribution in [3.63, 3.8) is 0 Å². The van der Waals surface area contributed by atoms with Gasteiger partial charge in [-0.3, -0.25) is 4.40 Å². The van der Waals surface area contributed by atoms with Crippen LogP contribution in [0.3, 0.4) is 0 Å². The molecule has 0 aliphatic rings. The quantitative estimate of drug-likeness (QED) is 0.863. The first-order valence-electron chi connectivity index (χ1n) is 6.00. The van der Waals surface area contributed by atoms with E-state index in [2.05, 4.69) is 4.98 Å². The van der Waals surface area contributed by atoms with Crippen molar-refractivity contribution in [2.24, 2.45) is 0 Å². The van der Waals surface area contributed by atoms with Crippen molar-refractivity contribution in [2.75, 3.05) is 25.1 Å². The molecular weight excluding hydrogens is 246 g/mol. The minimum absolute atomic E-state index is 0.0440. The van der Waals surface area contributed by atoms with Crippen LogP contribution in [0.2, 0.25) is 0 Å². The van der Waals surface area contributed by atoms with Gasteiger partial charge in [-0.2, -0.15) is 0 Å². The lowest BCUT2D eigenvalue weighted by Gasteiger charge is -2.19. The lowest BCUT2D eigenvalue weighted by Crippen LogP contribution is -2.21. The molecule has 0 radical (unpaired) electrons. The summed E-state index contributed by atoms with van der Waals surface area (Å²) in [5, 5.41) is 18.2. The second-order valence-corrected chi connectivity index (χ2v) is 4.57. The highest BCUT2D eigenvalue weighted by molar-refractivity contribution is 5.88. The number of aromatic carboxylic acids is 1. The third kappa shape index (κ3) is 2.26. The van der Waals surface area contributed by atoms with E-state index in [1.165, 1.54) is 0 Å². The molecule has 0 aromatic carbocycles. The molecule has 6 nitrogen and oxygen atoms in total. The molecule has 2 N–H and O–H groups in total. The smallest absolute Gasteiger partial charge is 0.354 e. The zero-order valence-corrected chi connectivity index (χ0v) is 11.2. The summed E-state index contributed by atoms with van der Waals surface area (Å²) in [6, 6.07) is 1.93. The van der Waals surface area contributed by atoms with Gasteiger partial charge in [0.1, 0.15) is 5.65 Å². The third-order valence-electron chi connectivity index (χ3n) is 3.14. The van der Waals surface area contributed by atoms with Crippen molar-refractivity contribution >= 4 is 17.3 Å². The van der Waals surface area contributed by atoms with E-state index in [4.69, 9.17) is 5.11 Å². The maximum absolute atomic E-state index is 11.3. The summed E-state index contributed by atoms with van der Waals surface area (Å²) in [7, 11) is 1.85. The predicted molar refractivity (Wildman–Crippen MR) is 72.0 cm³/mol. The number of carboxylic acid groups (broad SMARTS) is 1. The van der Waals surface area contributed by atoms with Crippen LogP contribution in [0, 0.1) is 13.8 Å². The first-order chi connectivity index (χ1) is 8.95. The number of hydrogen-bond donors (Lipinski definition) is 2. The topological polar surface area (TPSA) is 78.1 Å². The summed E-state index contributed by atoms with van der Waals surface area (Å²) in [6.07, 6.45) is 1.74. The van der Waals surface area contributed by atoms with Gasteiger partial charge in [-0.15, -0.1) is 0 Å². The summed E-state index contributed by atoms with van der Waals surface area (Å²) in [4.78, 5) is 17.5. The van der Waals surface area contributed by atoms with Crippen molar-refractivity contribution in [2.45, 2.75) is 13.8 Å². The molecule has 6 heteroatoms. The third-order valence-corrected chi connectivity index (χ3v) is 3.14. The largest absolute Gasteiger partial charge is 0.477 e. The highest BCUT2D eigenvalue weighted by Gasteiger charge is 2.17. The average Bonchev–Trinajstić information content (AvgIpc) is 2.66. The van der Waals surface area contributed by atoms with Crippen LogP contribution in [0.15, 0.2) is 12.3 Å². The number of likely N-dealkylation sites (N-methyl/N-ethyl adjacent to an activating group) is 1. The highest BCUT2D eigenvalue weighted by Crippen LogP contribution is 2.22. The maximum atomic E-state index is 11.3. The summed E-state index contributed by atoms with van der Waals surface area (Å²) in [5.74, 6) is -0.994. The lowest BCUT2D eigenvalue weighted by molar-refractivity contribution is 0.0688. The number of carboxylic acids is 1. The van der Waals surface area contributed by atoms with Gasteiger partial charge in [0.2, 0.25) is 0 Å². The van der Waals surface area contributed by atoms with E-state index < -0.39 is 5.97 Å². The standard InChI is InChI=1S/C13H17N3O3/c1-8-6-10(15(3)4-5-17)7-16-11(13(18)19)9(2)14-12(8)16/h6-7,17H,4-5H2,1-3H3,(H,18,19). The van der Waals surface area contributed by atoms with E-state index in [0.29, 0.717) is 17.9 Å². The number of pyridine rings is 1. The number of hydrogen-bond acceptors (Lipinski definition) is 4. The first kappa shape index (κ1) is 13.4. The van der Waals surface area contributed by atoms with Crippen molar-refractivity contribution < 1.29 is 15.0 Å². The van der Waals surface area contributed by atoms with E-state index in [9.17, 15) is 9.90 Å². The molecule has 0 atom stereocenters. The molecular formula is C13H17N3O3. The van der Waals surface area contributed by atoms with Gasteiger partial charge in [0, 0.05) is 19.8 Å². The van der Waals surface area contributed by atoms with Crippen LogP contribution < -0.4 is 4.90 Å². The minimum atomic E-state index is -0.994. The molecule has 0 unspecified atom stereocenters. The summed E-state index contributed by atoms with van der Waals surface area (Å²) in [5.41, 5.74) is 3.07. The molecule has 2 rings (SSSR count). The fourth-order valence-electron chi connectivity index (χ4n) is 2.15. The number of aryl methyl sites for hydroxylation is 2. The van der Waals surface area contributed by atoms with Gasteiger partial charge >= 0.3 is 5.97 Å². The Hall–Kier alpha value is -2.08. The molecule has 2 aromatic heterocycles. The second-order valence-electron chi connectivity index (χ2n) is 4.57. The Morgan fingerprint density at radius 3 is 2.74 bits per heavy atom. The molecule has 0 saturated carbocycles. The average molecular weight is 263 g/mol. The summed E-state index contributed by atoms with van der Waals surface area (Å²) in [6.45, 7) is 4.11.